The summed E-state index contributed by atoms with van der Waals surface area (Å²) in [5.41, 5.74) is 3.19. The van der Waals surface area contributed by atoms with Crippen molar-refractivity contribution in [1.82, 2.24) is 9.47 Å². The number of carbonyl (C=O) groups is 1. The van der Waals surface area contributed by atoms with Gasteiger partial charge in [-0.05, 0) is 45.2 Å². The van der Waals surface area contributed by atoms with Crippen LogP contribution in [0.3, 0.4) is 0 Å². The van der Waals surface area contributed by atoms with Crippen LogP contribution in [0.2, 0.25) is 0 Å². The summed E-state index contributed by atoms with van der Waals surface area (Å²) in [7, 11) is 2.17. The summed E-state index contributed by atoms with van der Waals surface area (Å²) in [6, 6.07) is 8.42. The van der Waals surface area contributed by atoms with E-state index >= 15 is 0 Å². The maximum Gasteiger partial charge on any atom is 0.190 e. The zero-order chi connectivity index (χ0) is 18.0. The standard InChI is InChI=1S/C19H26N4OS.ClH/c1-5-23-14(2)18(15(3)24)25-19(23)20-16-6-8-17(9-7-16)22-12-10-21(4)11-13-22;/h6-9H,5,10-13H2,1-4H3;1H. The van der Waals surface area contributed by atoms with Crippen LogP contribution in [0, 0.1) is 6.92 Å². The second kappa shape index (κ2) is 8.84. The highest BCUT2D eigenvalue weighted by Gasteiger charge is 2.14. The normalized spacial score (nSPS) is 15.8. The first-order valence-corrected chi connectivity index (χ1v) is 9.60. The van der Waals surface area contributed by atoms with Crippen molar-refractivity contribution in [3.8, 4) is 0 Å². The average Bonchev–Trinajstić information content (AvgIpc) is 2.92. The van der Waals surface area contributed by atoms with Gasteiger partial charge in [-0.25, -0.2) is 4.99 Å². The van der Waals surface area contributed by atoms with E-state index in [2.05, 4.69) is 52.6 Å². The van der Waals surface area contributed by atoms with Gasteiger partial charge < -0.3 is 14.4 Å². The molecule has 1 aromatic heterocycles. The molecule has 1 saturated heterocycles. The van der Waals surface area contributed by atoms with Crippen LogP contribution in [0.1, 0.15) is 29.2 Å². The number of piperazine rings is 1. The number of halogens is 1. The second-order valence-corrected chi connectivity index (χ2v) is 7.50. The highest BCUT2D eigenvalue weighted by molar-refractivity contribution is 7.11. The Kier molecular flexibility index (Phi) is 7.03. The fourth-order valence-corrected chi connectivity index (χ4v) is 4.29. The van der Waals surface area contributed by atoms with E-state index in [9.17, 15) is 4.79 Å². The maximum absolute atomic E-state index is 11.8. The Balaban J connectivity index is 0.00000243. The van der Waals surface area contributed by atoms with Gasteiger partial charge in [0.05, 0.1) is 10.6 Å². The highest BCUT2D eigenvalue weighted by Crippen LogP contribution is 2.21. The summed E-state index contributed by atoms with van der Waals surface area (Å²) in [6.45, 7) is 10.8. The number of hydrogen-bond donors (Lipinski definition) is 0. The summed E-state index contributed by atoms with van der Waals surface area (Å²) in [5.74, 6) is 0.108. The molecule has 5 nitrogen and oxygen atoms in total. The van der Waals surface area contributed by atoms with E-state index < -0.39 is 0 Å². The maximum atomic E-state index is 11.8. The number of benzene rings is 1. The Hall–Kier alpha value is -1.63. The lowest BCUT2D eigenvalue weighted by Crippen LogP contribution is -2.44. The number of ketones is 1. The second-order valence-electron chi connectivity index (χ2n) is 6.52. The fraction of sp³-hybridized carbons (Fsp3) is 0.474. The molecule has 0 atom stereocenters. The number of likely N-dealkylation sites (N-methyl/N-ethyl adjacent to an activating group) is 1. The van der Waals surface area contributed by atoms with E-state index in [1.54, 1.807) is 6.92 Å². The van der Waals surface area contributed by atoms with Gasteiger partial charge in [-0.1, -0.05) is 11.3 Å². The molecule has 1 aliphatic rings. The molecule has 0 spiro atoms. The molecule has 0 N–H and O–H groups in total. The Morgan fingerprint density at radius 2 is 1.77 bits per heavy atom. The molecule has 0 aliphatic carbocycles. The SMILES string of the molecule is CCn1c(C)c(C(C)=O)sc1=Nc1ccc(N2CCN(C)CC2)cc1.Cl. The van der Waals surface area contributed by atoms with Gasteiger partial charge in [-0.2, -0.15) is 0 Å². The summed E-state index contributed by atoms with van der Waals surface area (Å²) in [4.78, 5) is 23.0. The van der Waals surface area contributed by atoms with Crippen molar-refractivity contribution in [3.05, 3.63) is 39.6 Å². The van der Waals surface area contributed by atoms with E-state index in [1.165, 1.54) is 17.0 Å². The van der Waals surface area contributed by atoms with Gasteiger partial charge in [-0.3, -0.25) is 4.79 Å². The molecule has 2 aromatic rings. The lowest BCUT2D eigenvalue weighted by Gasteiger charge is -2.34. The molecule has 0 amide bonds. The quantitative estimate of drug-likeness (QED) is 0.745. The minimum atomic E-state index is 0. The molecule has 142 valence electrons. The van der Waals surface area contributed by atoms with Crippen molar-refractivity contribution in [2.24, 2.45) is 4.99 Å². The fourth-order valence-electron chi connectivity index (χ4n) is 3.18. The summed E-state index contributed by atoms with van der Waals surface area (Å²) in [5, 5.41) is 0. The number of hydrogen-bond acceptors (Lipinski definition) is 5. The number of aromatic nitrogens is 1. The van der Waals surface area contributed by atoms with E-state index in [4.69, 9.17) is 4.99 Å². The molecule has 1 aromatic carbocycles. The molecule has 0 unspecified atom stereocenters. The largest absolute Gasteiger partial charge is 0.369 e. The molecular weight excluding hydrogens is 368 g/mol. The Morgan fingerprint density at radius 1 is 1.15 bits per heavy atom. The zero-order valence-electron chi connectivity index (χ0n) is 15.9. The lowest BCUT2D eigenvalue weighted by molar-refractivity contribution is 0.102. The number of rotatable bonds is 4. The molecule has 0 bridgehead atoms. The van der Waals surface area contributed by atoms with Crippen LogP contribution in [0.5, 0.6) is 0 Å². The molecule has 7 heteroatoms. The van der Waals surface area contributed by atoms with Gasteiger partial charge in [0, 0.05) is 51.0 Å². The summed E-state index contributed by atoms with van der Waals surface area (Å²) in [6.07, 6.45) is 0. The van der Waals surface area contributed by atoms with E-state index in [1.807, 2.05) is 6.92 Å². The number of anilines is 1. The molecule has 3 rings (SSSR count). The minimum absolute atomic E-state index is 0. The molecular formula is C19H27ClN4OS. The molecule has 2 heterocycles. The number of thiazole rings is 1. The topological polar surface area (TPSA) is 40.8 Å². The van der Waals surface area contributed by atoms with Crippen molar-refractivity contribution < 1.29 is 4.79 Å². The van der Waals surface area contributed by atoms with Crippen LogP contribution in [0.25, 0.3) is 0 Å². The van der Waals surface area contributed by atoms with Crippen molar-refractivity contribution in [3.63, 3.8) is 0 Å². The predicted octanol–water partition coefficient (Wildman–Crippen LogP) is 3.49. The number of Topliss-reactive ketones (excluding diaryl/α,β-unsaturated/α-hetero) is 1. The van der Waals surface area contributed by atoms with Gasteiger partial charge in [-0.15, -0.1) is 12.4 Å². The Morgan fingerprint density at radius 3 is 2.31 bits per heavy atom. The van der Waals surface area contributed by atoms with Gasteiger partial charge in [0.2, 0.25) is 0 Å². The van der Waals surface area contributed by atoms with Gasteiger partial charge in [0.15, 0.2) is 10.6 Å². The first kappa shape index (κ1) is 20.7. The van der Waals surface area contributed by atoms with E-state index in [-0.39, 0.29) is 18.2 Å². The zero-order valence-corrected chi connectivity index (χ0v) is 17.5. The number of carbonyl (C=O) groups excluding carboxylic acids is 1. The molecule has 26 heavy (non-hydrogen) atoms. The monoisotopic (exact) mass is 394 g/mol. The smallest absolute Gasteiger partial charge is 0.190 e. The van der Waals surface area contributed by atoms with E-state index in [0.29, 0.717) is 0 Å². The molecule has 0 saturated carbocycles. The van der Waals surface area contributed by atoms with Gasteiger partial charge in [0.1, 0.15) is 0 Å². The summed E-state index contributed by atoms with van der Waals surface area (Å²) < 4.78 is 2.11. The first-order chi connectivity index (χ1) is 12.0. The van der Waals surface area contributed by atoms with Crippen molar-refractivity contribution in [2.75, 3.05) is 38.1 Å². The van der Waals surface area contributed by atoms with Crippen molar-refractivity contribution in [1.29, 1.82) is 0 Å². The van der Waals surface area contributed by atoms with Crippen LogP contribution in [-0.2, 0) is 6.54 Å². The Bertz CT molecular complexity index is 817. The van der Waals surface area contributed by atoms with Crippen molar-refractivity contribution >= 4 is 40.9 Å². The van der Waals surface area contributed by atoms with E-state index in [0.717, 1.165) is 53.8 Å². The highest BCUT2D eigenvalue weighted by atomic mass is 35.5. The number of nitrogens with zero attached hydrogens (tertiary/aromatic N) is 4. The van der Waals surface area contributed by atoms with Gasteiger partial charge >= 0.3 is 0 Å². The third kappa shape index (κ3) is 4.37. The lowest BCUT2D eigenvalue weighted by atomic mass is 10.2. The van der Waals surface area contributed by atoms with Gasteiger partial charge in [0.25, 0.3) is 0 Å². The Labute approximate surface area is 165 Å². The van der Waals surface area contributed by atoms with Crippen molar-refractivity contribution in [2.45, 2.75) is 27.3 Å². The molecule has 0 radical (unpaired) electrons. The first-order valence-electron chi connectivity index (χ1n) is 8.79. The van der Waals surface area contributed by atoms with Crippen LogP contribution in [0.4, 0.5) is 11.4 Å². The summed E-state index contributed by atoms with van der Waals surface area (Å²) >= 11 is 1.48. The molecule has 1 aliphatic heterocycles. The third-order valence-electron chi connectivity index (χ3n) is 4.74. The van der Waals surface area contributed by atoms with Crippen LogP contribution < -0.4 is 9.70 Å². The van der Waals surface area contributed by atoms with Crippen LogP contribution in [-0.4, -0.2) is 48.5 Å². The van der Waals surface area contributed by atoms with Crippen LogP contribution >= 0.6 is 23.7 Å². The minimum Gasteiger partial charge on any atom is -0.369 e. The predicted molar refractivity (Wildman–Crippen MR) is 111 cm³/mol. The average molecular weight is 395 g/mol. The molecule has 1 fully saturated rings. The third-order valence-corrected chi connectivity index (χ3v) is 6.02. The van der Waals surface area contributed by atoms with Crippen LogP contribution in [0.15, 0.2) is 29.3 Å².